The third-order valence-electron chi connectivity index (χ3n) is 4.40. The molecule has 4 nitrogen and oxygen atoms in total. The molecule has 3 atom stereocenters. The van der Waals surface area contributed by atoms with Crippen LogP contribution in [0, 0.1) is 11.8 Å². The summed E-state index contributed by atoms with van der Waals surface area (Å²) in [5, 5.41) is 7.65. The maximum absolute atomic E-state index is 5.35. The summed E-state index contributed by atoms with van der Waals surface area (Å²) in [5.74, 6) is 4.74. The molecule has 2 saturated carbocycles. The second-order valence-electron chi connectivity index (χ2n) is 5.61. The zero-order chi connectivity index (χ0) is 10.5. The van der Waals surface area contributed by atoms with Gasteiger partial charge in [0.05, 0.1) is 0 Å². The highest BCUT2D eigenvalue weighted by Gasteiger charge is 2.40. The third kappa shape index (κ3) is 1.39. The van der Waals surface area contributed by atoms with E-state index >= 15 is 0 Å². The predicted octanol–water partition coefficient (Wildman–Crippen LogP) is 1.66. The van der Waals surface area contributed by atoms with Crippen LogP contribution in [0.5, 0.6) is 0 Å². The summed E-state index contributed by atoms with van der Waals surface area (Å²) in [5.41, 5.74) is 0. The summed E-state index contributed by atoms with van der Waals surface area (Å²) in [6.45, 7) is 2.38. The van der Waals surface area contributed by atoms with E-state index in [1.54, 1.807) is 0 Å². The first-order valence-corrected chi connectivity index (χ1v) is 6.44. The molecule has 86 valence electrons. The van der Waals surface area contributed by atoms with Gasteiger partial charge >= 0.3 is 0 Å². The van der Waals surface area contributed by atoms with Gasteiger partial charge in [0.25, 0.3) is 0 Å². The highest BCUT2D eigenvalue weighted by Crippen LogP contribution is 2.44. The van der Waals surface area contributed by atoms with Crippen LogP contribution in [-0.2, 0) is 0 Å². The van der Waals surface area contributed by atoms with Gasteiger partial charge in [-0.1, -0.05) is 5.16 Å². The van der Waals surface area contributed by atoms with Gasteiger partial charge < -0.3 is 9.84 Å². The fourth-order valence-electron chi connectivity index (χ4n) is 3.29. The second-order valence-corrected chi connectivity index (χ2v) is 5.61. The van der Waals surface area contributed by atoms with E-state index in [4.69, 9.17) is 4.52 Å². The zero-order valence-corrected chi connectivity index (χ0v) is 9.35. The Labute approximate surface area is 94.8 Å². The van der Waals surface area contributed by atoms with E-state index in [-0.39, 0.29) is 0 Å². The molecule has 3 fully saturated rings. The van der Waals surface area contributed by atoms with Crippen molar-refractivity contribution in [3.63, 3.8) is 0 Å². The number of rotatable bonds is 2. The number of nitrogens with one attached hydrogen (secondary N) is 1. The van der Waals surface area contributed by atoms with Crippen molar-refractivity contribution >= 4 is 0 Å². The molecule has 4 rings (SSSR count). The molecule has 0 aromatic carbocycles. The Morgan fingerprint density at radius 1 is 1.06 bits per heavy atom. The van der Waals surface area contributed by atoms with E-state index < -0.39 is 0 Å². The van der Waals surface area contributed by atoms with Crippen LogP contribution in [0.3, 0.4) is 0 Å². The van der Waals surface area contributed by atoms with Crippen LogP contribution in [0.4, 0.5) is 0 Å². The number of hydrogen-bond acceptors (Lipinski definition) is 4. The summed E-state index contributed by atoms with van der Waals surface area (Å²) in [7, 11) is 0. The van der Waals surface area contributed by atoms with Crippen LogP contribution in [0.1, 0.15) is 49.2 Å². The lowest BCUT2D eigenvalue weighted by molar-refractivity contribution is 0.369. The molecule has 0 amide bonds. The van der Waals surface area contributed by atoms with Crippen molar-refractivity contribution in [2.75, 3.05) is 13.1 Å². The number of aromatic nitrogens is 2. The Bertz CT molecular complexity index is 387. The summed E-state index contributed by atoms with van der Waals surface area (Å²) in [4.78, 5) is 4.58. The van der Waals surface area contributed by atoms with Gasteiger partial charge in [0, 0.05) is 11.8 Å². The number of fused-ring (bicyclic) bond motifs is 1. The Morgan fingerprint density at radius 2 is 1.81 bits per heavy atom. The summed E-state index contributed by atoms with van der Waals surface area (Å²) in [6, 6.07) is 0. The van der Waals surface area contributed by atoms with E-state index in [1.165, 1.54) is 38.8 Å². The monoisotopic (exact) mass is 219 g/mol. The van der Waals surface area contributed by atoms with Gasteiger partial charge in [-0.25, -0.2) is 0 Å². The second kappa shape index (κ2) is 3.29. The van der Waals surface area contributed by atoms with Crippen LogP contribution in [-0.4, -0.2) is 23.2 Å². The quantitative estimate of drug-likeness (QED) is 0.822. The van der Waals surface area contributed by atoms with E-state index in [0.717, 1.165) is 23.6 Å². The highest BCUT2D eigenvalue weighted by atomic mass is 16.5. The summed E-state index contributed by atoms with van der Waals surface area (Å²) >= 11 is 0. The minimum atomic E-state index is 0.563. The smallest absolute Gasteiger partial charge is 0.229 e. The van der Waals surface area contributed by atoms with Crippen molar-refractivity contribution in [2.24, 2.45) is 11.8 Å². The minimum absolute atomic E-state index is 0.563. The van der Waals surface area contributed by atoms with E-state index in [2.05, 4.69) is 15.5 Å². The van der Waals surface area contributed by atoms with Gasteiger partial charge in [-0.05, 0) is 50.6 Å². The maximum atomic E-state index is 5.35. The fraction of sp³-hybridized carbons (Fsp3) is 0.833. The Balaban J connectivity index is 1.52. The van der Waals surface area contributed by atoms with Crippen molar-refractivity contribution < 1.29 is 4.52 Å². The van der Waals surface area contributed by atoms with Gasteiger partial charge in [-0.3, -0.25) is 0 Å². The number of nitrogens with zero attached hydrogens (tertiary/aromatic N) is 2. The Morgan fingerprint density at radius 3 is 2.50 bits per heavy atom. The zero-order valence-electron chi connectivity index (χ0n) is 9.35. The van der Waals surface area contributed by atoms with E-state index in [0.29, 0.717) is 11.8 Å². The molecule has 0 spiro atoms. The Hall–Kier alpha value is -0.900. The molecule has 1 aliphatic heterocycles. The molecule has 16 heavy (non-hydrogen) atoms. The van der Waals surface area contributed by atoms with Gasteiger partial charge in [0.15, 0.2) is 5.82 Å². The molecule has 1 N–H and O–H groups in total. The SMILES string of the molecule is C1CC1c1nc(C2C[C@H]3CNC[C@H]3C2)no1. The molecular weight excluding hydrogens is 202 g/mol. The van der Waals surface area contributed by atoms with Gasteiger partial charge in [0.2, 0.25) is 5.89 Å². The minimum Gasteiger partial charge on any atom is -0.339 e. The average Bonchev–Trinajstić information content (AvgIpc) is 2.75. The van der Waals surface area contributed by atoms with Crippen molar-refractivity contribution in [3.05, 3.63) is 11.7 Å². The summed E-state index contributed by atoms with van der Waals surface area (Å²) in [6.07, 6.45) is 4.98. The average molecular weight is 219 g/mol. The van der Waals surface area contributed by atoms with E-state index in [9.17, 15) is 0 Å². The molecule has 2 aliphatic carbocycles. The number of hydrogen-bond donors (Lipinski definition) is 1. The largest absolute Gasteiger partial charge is 0.339 e. The predicted molar refractivity (Wildman–Crippen MR) is 58.1 cm³/mol. The molecule has 1 aromatic heterocycles. The lowest BCUT2D eigenvalue weighted by Crippen LogP contribution is -2.11. The molecule has 0 radical (unpaired) electrons. The first-order valence-electron chi connectivity index (χ1n) is 6.44. The van der Waals surface area contributed by atoms with Crippen molar-refractivity contribution in [1.29, 1.82) is 0 Å². The highest BCUT2D eigenvalue weighted by molar-refractivity contribution is 5.08. The van der Waals surface area contributed by atoms with Crippen LogP contribution >= 0.6 is 0 Å². The lowest BCUT2D eigenvalue weighted by atomic mass is 10.0. The van der Waals surface area contributed by atoms with Crippen LogP contribution in [0.15, 0.2) is 4.52 Å². The Kier molecular flexibility index (Phi) is 1.89. The molecule has 0 bridgehead atoms. The van der Waals surface area contributed by atoms with Crippen LogP contribution < -0.4 is 5.32 Å². The standard InChI is InChI=1S/C12H17N3O/c1-2-7(1)12-14-11(15-16-12)8-3-9-5-13-6-10(9)4-8/h7-10,13H,1-6H2/t8?,9-,10+. The molecule has 3 aliphatic rings. The third-order valence-corrected chi connectivity index (χ3v) is 4.40. The fourth-order valence-corrected chi connectivity index (χ4v) is 3.29. The van der Waals surface area contributed by atoms with Gasteiger partial charge in [-0.15, -0.1) is 0 Å². The summed E-state index contributed by atoms with van der Waals surface area (Å²) < 4.78 is 5.35. The molecule has 1 aromatic rings. The molecule has 1 saturated heterocycles. The van der Waals surface area contributed by atoms with E-state index in [1.807, 2.05) is 0 Å². The lowest BCUT2D eigenvalue weighted by Gasteiger charge is -2.04. The van der Waals surface area contributed by atoms with Crippen molar-refractivity contribution in [2.45, 2.75) is 37.5 Å². The topological polar surface area (TPSA) is 51.0 Å². The van der Waals surface area contributed by atoms with Crippen molar-refractivity contribution in [1.82, 2.24) is 15.5 Å². The molecular formula is C12H17N3O. The van der Waals surface area contributed by atoms with Gasteiger partial charge in [0.1, 0.15) is 0 Å². The van der Waals surface area contributed by atoms with Crippen LogP contribution in [0.25, 0.3) is 0 Å². The maximum Gasteiger partial charge on any atom is 0.229 e. The molecule has 1 unspecified atom stereocenters. The first kappa shape index (κ1) is 9.16. The molecule has 4 heteroatoms. The van der Waals surface area contributed by atoms with Crippen molar-refractivity contribution in [3.8, 4) is 0 Å². The van der Waals surface area contributed by atoms with Gasteiger partial charge in [-0.2, -0.15) is 4.98 Å². The normalized spacial score (nSPS) is 37.9. The first-order chi connectivity index (χ1) is 7.90. The molecule has 2 heterocycles. The van der Waals surface area contributed by atoms with Crippen LogP contribution in [0.2, 0.25) is 0 Å².